The van der Waals surface area contributed by atoms with Gasteiger partial charge in [0.1, 0.15) is 0 Å². The Morgan fingerprint density at radius 2 is 2.19 bits per heavy atom. The molecule has 1 aliphatic heterocycles. The maximum Gasteiger partial charge on any atom is 0.307 e. The summed E-state index contributed by atoms with van der Waals surface area (Å²) in [6.45, 7) is 0. The van der Waals surface area contributed by atoms with Crippen molar-refractivity contribution >= 4 is 45.8 Å². The van der Waals surface area contributed by atoms with Crippen molar-refractivity contribution < 1.29 is 9.53 Å². The lowest BCUT2D eigenvalue weighted by atomic mass is 9.96. The van der Waals surface area contributed by atoms with Crippen LogP contribution in [-0.4, -0.2) is 28.6 Å². The van der Waals surface area contributed by atoms with Gasteiger partial charge in [0, 0.05) is 24.0 Å². The number of esters is 1. The molecule has 1 saturated heterocycles. The maximum absolute atomic E-state index is 11.5. The van der Waals surface area contributed by atoms with Crippen LogP contribution in [0.3, 0.4) is 0 Å². The highest BCUT2D eigenvalue weighted by Gasteiger charge is 2.50. The first kappa shape index (κ1) is 14.4. The Bertz CT molecular complexity index is 685. The molecule has 1 aromatic heterocycles. The summed E-state index contributed by atoms with van der Waals surface area (Å²) in [4.78, 5) is 17.8. The molecule has 21 heavy (non-hydrogen) atoms. The zero-order valence-corrected chi connectivity index (χ0v) is 12.9. The minimum atomic E-state index is -1.02. The number of nitrogens with zero attached hydrogens (tertiary/aromatic N) is 2. The van der Waals surface area contributed by atoms with Gasteiger partial charge in [0.25, 0.3) is 0 Å². The molecule has 2 heterocycles. The molecule has 0 amide bonds. The zero-order valence-electron chi connectivity index (χ0n) is 11.4. The summed E-state index contributed by atoms with van der Waals surface area (Å²) in [7, 11) is 1.37. The molecule has 1 unspecified atom stereocenters. The van der Waals surface area contributed by atoms with Crippen molar-refractivity contribution in [2.45, 2.75) is 23.3 Å². The summed E-state index contributed by atoms with van der Waals surface area (Å²) in [5, 5.41) is 1.00. The average Bonchev–Trinajstić information content (AvgIpc) is 2.46. The molecule has 3 rings (SSSR count). The normalized spacial score (nSPS) is 20.1. The van der Waals surface area contributed by atoms with Gasteiger partial charge in [-0.2, -0.15) is 0 Å². The van der Waals surface area contributed by atoms with E-state index in [-0.39, 0.29) is 18.4 Å². The number of halogens is 2. The van der Waals surface area contributed by atoms with E-state index in [1.165, 1.54) is 7.11 Å². The van der Waals surface area contributed by atoms with E-state index in [1.807, 2.05) is 35.2 Å². The van der Waals surface area contributed by atoms with Gasteiger partial charge >= 0.3 is 5.97 Å². The Morgan fingerprint density at radius 3 is 2.90 bits per heavy atom. The van der Waals surface area contributed by atoms with Gasteiger partial charge in [0.15, 0.2) is 4.46 Å². The fourth-order valence-corrected chi connectivity index (χ4v) is 3.54. The minimum Gasteiger partial charge on any atom is -0.469 e. The Kier molecular flexibility index (Phi) is 3.68. The number of benzene rings is 1. The molecule has 1 fully saturated rings. The predicted octanol–water partition coefficient (Wildman–Crippen LogP) is 3.51. The highest BCUT2D eigenvalue weighted by Crippen LogP contribution is 2.49. The number of alkyl halides is 2. The van der Waals surface area contributed by atoms with Crippen molar-refractivity contribution in [3.63, 3.8) is 0 Å². The number of rotatable bonds is 3. The number of carbonyl (C=O) groups is 1. The van der Waals surface area contributed by atoms with E-state index in [1.54, 1.807) is 6.20 Å². The SMILES string of the molecule is COC(=O)CC1CC(Cl)(Cl)N1c1cccc2cccnc12. The summed E-state index contributed by atoms with van der Waals surface area (Å²) in [5.74, 6) is -0.276. The van der Waals surface area contributed by atoms with Crippen molar-refractivity contribution in [2.24, 2.45) is 0 Å². The molecule has 1 aliphatic rings. The largest absolute Gasteiger partial charge is 0.469 e. The third-order valence-corrected chi connectivity index (χ3v) is 4.37. The second-order valence-electron chi connectivity index (χ2n) is 5.03. The molecule has 6 heteroatoms. The number of hydrogen-bond donors (Lipinski definition) is 0. The van der Waals surface area contributed by atoms with Crippen LogP contribution in [0.2, 0.25) is 0 Å². The molecule has 0 bridgehead atoms. The van der Waals surface area contributed by atoms with Crippen molar-refractivity contribution in [3.05, 3.63) is 36.5 Å². The summed E-state index contributed by atoms with van der Waals surface area (Å²) >= 11 is 12.7. The smallest absolute Gasteiger partial charge is 0.307 e. The standard InChI is InChI=1S/C15H14Cl2N2O2/c1-21-13(20)8-11-9-15(16,17)19(11)12-6-2-4-10-5-3-7-18-14(10)12/h2-7,11H,8-9H2,1H3. The Morgan fingerprint density at radius 1 is 1.43 bits per heavy atom. The number of para-hydroxylation sites is 1. The molecule has 0 spiro atoms. The van der Waals surface area contributed by atoms with Crippen LogP contribution in [0.5, 0.6) is 0 Å². The van der Waals surface area contributed by atoms with Gasteiger partial charge in [-0.05, 0) is 12.1 Å². The zero-order chi connectivity index (χ0) is 15.0. The van der Waals surface area contributed by atoms with Crippen molar-refractivity contribution in [2.75, 3.05) is 12.0 Å². The molecule has 0 saturated carbocycles. The maximum atomic E-state index is 11.5. The van der Waals surface area contributed by atoms with Gasteiger partial charge in [-0.25, -0.2) is 0 Å². The number of ether oxygens (including phenoxy) is 1. The monoisotopic (exact) mass is 324 g/mol. The lowest BCUT2D eigenvalue weighted by Crippen LogP contribution is -2.61. The van der Waals surface area contributed by atoms with E-state index in [0.717, 1.165) is 16.6 Å². The topological polar surface area (TPSA) is 42.4 Å². The molecule has 0 radical (unpaired) electrons. The van der Waals surface area contributed by atoms with Gasteiger partial charge in [-0.15, -0.1) is 0 Å². The van der Waals surface area contributed by atoms with Crippen LogP contribution in [0.25, 0.3) is 10.9 Å². The number of hydrogen-bond acceptors (Lipinski definition) is 4. The molecular weight excluding hydrogens is 311 g/mol. The third kappa shape index (κ3) is 2.54. The van der Waals surface area contributed by atoms with Gasteiger partial charge in [-0.1, -0.05) is 41.4 Å². The van der Waals surface area contributed by atoms with Crippen LogP contribution < -0.4 is 4.90 Å². The second kappa shape index (κ2) is 5.35. The number of carbonyl (C=O) groups excluding carboxylic acids is 1. The Hall–Kier alpha value is -1.52. The Balaban J connectivity index is 2.00. The van der Waals surface area contributed by atoms with E-state index in [4.69, 9.17) is 27.9 Å². The molecular formula is C15H14Cl2N2O2. The highest BCUT2D eigenvalue weighted by atomic mass is 35.5. The van der Waals surface area contributed by atoms with Gasteiger partial charge in [-0.3, -0.25) is 9.78 Å². The van der Waals surface area contributed by atoms with Crippen molar-refractivity contribution in [1.82, 2.24) is 4.98 Å². The van der Waals surface area contributed by atoms with Crippen LogP contribution in [-0.2, 0) is 9.53 Å². The molecule has 2 aromatic rings. The summed E-state index contributed by atoms with van der Waals surface area (Å²) in [6, 6.07) is 9.59. The first-order valence-corrected chi connectivity index (χ1v) is 7.36. The van der Waals surface area contributed by atoms with Gasteiger partial charge < -0.3 is 9.64 Å². The van der Waals surface area contributed by atoms with Gasteiger partial charge in [0.2, 0.25) is 0 Å². The first-order valence-electron chi connectivity index (χ1n) is 6.60. The summed E-state index contributed by atoms with van der Waals surface area (Å²) < 4.78 is 3.71. The fraction of sp³-hybridized carbons (Fsp3) is 0.333. The first-order chi connectivity index (χ1) is 10.0. The van der Waals surface area contributed by atoms with Crippen molar-refractivity contribution in [1.29, 1.82) is 0 Å². The lowest BCUT2D eigenvalue weighted by Gasteiger charge is -2.52. The van der Waals surface area contributed by atoms with Gasteiger partial charge in [0.05, 0.1) is 24.7 Å². The average molecular weight is 325 g/mol. The Labute approximate surface area is 132 Å². The number of fused-ring (bicyclic) bond motifs is 1. The van der Waals surface area contributed by atoms with Crippen molar-refractivity contribution in [3.8, 4) is 0 Å². The van der Waals surface area contributed by atoms with E-state index in [2.05, 4.69) is 4.98 Å². The van der Waals surface area contributed by atoms with E-state index in [9.17, 15) is 4.79 Å². The number of pyridine rings is 1. The third-order valence-electron chi connectivity index (χ3n) is 3.70. The molecule has 0 N–H and O–H groups in total. The minimum absolute atomic E-state index is 0.0833. The van der Waals surface area contributed by atoms with Crippen LogP contribution in [0.15, 0.2) is 36.5 Å². The van der Waals surface area contributed by atoms with Crippen LogP contribution in [0.1, 0.15) is 12.8 Å². The number of aromatic nitrogens is 1. The molecule has 4 nitrogen and oxygen atoms in total. The molecule has 1 aromatic carbocycles. The molecule has 0 aliphatic carbocycles. The predicted molar refractivity (Wildman–Crippen MR) is 83.7 cm³/mol. The summed E-state index contributed by atoms with van der Waals surface area (Å²) in [5.41, 5.74) is 1.65. The second-order valence-corrected chi connectivity index (χ2v) is 6.47. The highest BCUT2D eigenvalue weighted by molar-refractivity contribution is 6.50. The van der Waals surface area contributed by atoms with E-state index in [0.29, 0.717) is 6.42 Å². The lowest BCUT2D eigenvalue weighted by molar-refractivity contribution is -0.141. The van der Waals surface area contributed by atoms with Crippen LogP contribution in [0, 0.1) is 0 Å². The van der Waals surface area contributed by atoms with Crippen LogP contribution in [0.4, 0.5) is 5.69 Å². The summed E-state index contributed by atoms with van der Waals surface area (Å²) in [6.07, 6.45) is 2.49. The van der Waals surface area contributed by atoms with E-state index >= 15 is 0 Å². The molecule has 110 valence electrons. The number of methoxy groups -OCH3 is 1. The molecule has 1 atom stereocenters. The fourth-order valence-electron chi connectivity index (χ4n) is 2.72. The number of anilines is 1. The van der Waals surface area contributed by atoms with Crippen LogP contribution >= 0.6 is 23.2 Å². The van der Waals surface area contributed by atoms with E-state index < -0.39 is 4.46 Å². The quantitative estimate of drug-likeness (QED) is 0.492.